The maximum atomic E-state index is 11.2. The molecule has 0 radical (unpaired) electrons. The molecule has 1 saturated heterocycles. The first-order chi connectivity index (χ1) is 16.1. The number of fused-ring (bicyclic) bond motifs is 3. The van der Waals surface area contributed by atoms with Crippen LogP contribution in [0.15, 0.2) is 45.0 Å². The molecule has 2 N–H and O–H groups in total. The molecule has 1 amide bonds. The van der Waals surface area contributed by atoms with E-state index in [1.807, 2.05) is 24.3 Å². The third kappa shape index (κ3) is 3.26. The Labute approximate surface area is 187 Å². The lowest BCUT2D eigenvalue weighted by atomic mass is 10.1. The maximum Gasteiger partial charge on any atom is 0.407 e. The van der Waals surface area contributed by atoms with Gasteiger partial charge in [0.05, 0.1) is 22.3 Å². The van der Waals surface area contributed by atoms with E-state index in [0.717, 1.165) is 16.8 Å². The highest BCUT2D eigenvalue weighted by Crippen LogP contribution is 2.47. The molecule has 0 spiro atoms. The predicted molar refractivity (Wildman–Crippen MR) is 118 cm³/mol. The van der Waals surface area contributed by atoms with E-state index in [1.165, 1.54) is 4.90 Å². The number of rotatable bonds is 3. The van der Waals surface area contributed by atoms with Gasteiger partial charge in [-0.15, -0.1) is 10.2 Å². The zero-order valence-electron chi connectivity index (χ0n) is 17.5. The molecule has 3 aliphatic rings. The van der Waals surface area contributed by atoms with Crippen molar-refractivity contribution in [2.45, 2.75) is 6.54 Å². The molecule has 168 valence electrons. The number of benzene rings is 2. The average molecular weight is 448 g/mol. The molecule has 0 atom stereocenters. The summed E-state index contributed by atoms with van der Waals surface area (Å²) in [6.45, 7) is 2.59. The number of piperazine rings is 1. The van der Waals surface area contributed by atoms with E-state index in [1.54, 1.807) is 12.1 Å². The highest BCUT2D eigenvalue weighted by atomic mass is 16.7. The van der Waals surface area contributed by atoms with Gasteiger partial charge in [-0.3, -0.25) is 4.90 Å². The number of amides is 1. The number of ether oxygens (including phenoxy) is 2. The summed E-state index contributed by atoms with van der Waals surface area (Å²) in [7, 11) is 0. The molecule has 2 aromatic carbocycles. The summed E-state index contributed by atoms with van der Waals surface area (Å²) in [5, 5.41) is 29.1. The fraction of sp³-hybridized carbons (Fsp3) is 0.261. The average Bonchev–Trinajstić information content (AvgIpc) is 3.53. The van der Waals surface area contributed by atoms with Gasteiger partial charge >= 0.3 is 6.09 Å². The molecular weight excluding hydrogens is 428 g/mol. The fourth-order valence-corrected chi connectivity index (χ4v) is 4.41. The molecule has 3 aromatic rings. The third-order valence-electron chi connectivity index (χ3n) is 6.15. The van der Waals surface area contributed by atoms with Gasteiger partial charge in [-0.1, -0.05) is 18.2 Å². The second-order valence-corrected chi connectivity index (χ2v) is 8.07. The number of carboxylic acid groups (broad SMARTS) is 1. The van der Waals surface area contributed by atoms with Gasteiger partial charge in [-0.25, -0.2) is 4.79 Å². The van der Waals surface area contributed by atoms with Crippen LogP contribution in [-0.2, 0) is 6.54 Å². The van der Waals surface area contributed by atoms with Crippen LogP contribution in [0.5, 0.6) is 17.2 Å². The molecule has 0 unspecified atom stereocenters. The van der Waals surface area contributed by atoms with E-state index < -0.39 is 6.09 Å². The van der Waals surface area contributed by atoms with Crippen LogP contribution in [0, 0.1) is 0 Å². The molecule has 0 aliphatic carbocycles. The first kappa shape index (κ1) is 19.6. The largest absolute Gasteiger partial charge is 0.504 e. The Bertz CT molecular complexity index is 1340. The highest BCUT2D eigenvalue weighted by molar-refractivity contribution is 5.96. The molecular formula is C23H20N4O6. The van der Waals surface area contributed by atoms with Crippen LogP contribution in [0.25, 0.3) is 22.7 Å². The van der Waals surface area contributed by atoms with Crippen molar-refractivity contribution in [2.75, 3.05) is 33.0 Å². The van der Waals surface area contributed by atoms with Crippen molar-refractivity contribution in [1.29, 1.82) is 0 Å². The molecule has 10 nitrogen and oxygen atoms in total. The normalized spacial score (nSPS) is 18.4. The Morgan fingerprint density at radius 3 is 2.76 bits per heavy atom. The number of azo groups is 1. The van der Waals surface area contributed by atoms with E-state index in [9.17, 15) is 15.0 Å². The number of carbonyl (C=O) groups is 1. The first-order valence-corrected chi connectivity index (χ1v) is 10.6. The van der Waals surface area contributed by atoms with Crippen LogP contribution < -0.4 is 9.47 Å². The molecule has 1 fully saturated rings. The van der Waals surface area contributed by atoms with Gasteiger partial charge in [-0.05, 0) is 12.1 Å². The first-order valence-electron chi connectivity index (χ1n) is 10.6. The van der Waals surface area contributed by atoms with Gasteiger partial charge < -0.3 is 29.0 Å². The van der Waals surface area contributed by atoms with E-state index in [4.69, 9.17) is 13.9 Å². The number of hydrogen-bond acceptors (Lipinski definition) is 8. The van der Waals surface area contributed by atoms with E-state index in [0.29, 0.717) is 60.9 Å². The van der Waals surface area contributed by atoms with Crippen molar-refractivity contribution in [3.8, 4) is 17.2 Å². The van der Waals surface area contributed by atoms with Crippen LogP contribution >= 0.6 is 0 Å². The molecule has 0 bridgehead atoms. The summed E-state index contributed by atoms with van der Waals surface area (Å²) in [5.74, 6) is 1.40. The summed E-state index contributed by atoms with van der Waals surface area (Å²) in [4.78, 5) is 14.8. The Morgan fingerprint density at radius 2 is 1.94 bits per heavy atom. The van der Waals surface area contributed by atoms with E-state index in [-0.39, 0.29) is 18.3 Å². The number of aromatic hydroxyl groups is 1. The zero-order valence-corrected chi connectivity index (χ0v) is 17.5. The van der Waals surface area contributed by atoms with Crippen LogP contribution in [0.3, 0.4) is 0 Å². The fourth-order valence-electron chi connectivity index (χ4n) is 4.41. The van der Waals surface area contributed by atoms with Crippen LogP contribution in [0.2, 0.25) is 0 Å². The molecule has 0 saturated carbocycles. The Kier molecular flexibility index (Phi) is 4.47. The van der Waals surface area contributed by atoms with Crippen molar-refractivity contribution in [3.63, 3.8) is 0 Å². The zero-order chi connectivity index (χ0) is 22.5. The predicted octanol–water partition coefficient (Wildman–Crippen LogP) is 4.26. The maximum absolute atomic E-state index is 11.2. The minimum Gasteiger partial charge on any atom is -0.504 e. The summed E-state index contributed by atoms with van der Waals surface area (Å²) in [6, 6.07) is 9.31. The van der Waals surface area contributed by atoms with E-state index in [2.05, 4.69) is 15.1 Å². The van der Waals surface area contributed by atoms with Gasteiger partial charge in [0.15, 0.2) is 23.0 Å². The lowest BCUT2D eigenvalue weighted by Gasteiger charge is -2.33. The van der Waals surface area contributed by atoms with Gasteiger partial charge in [0, 0.05) is 44.4 Å². The molecule has 4 heterocycles. The Morgan fingerprint density at radius 1 is 1.12 bits per heavy atom. The molecule has 1 aromatic heterocycles. The van der Waals surface area contributed by atoms with Gasteiger partial charge in [0.2, 0.25) is 6.79 Å². The summed E-state index contributed by atoms with van der Waals surface area (Å²) < 4.78 is 17.5. The van der Waals surface area contributed by atoms with Gasteiger partial charge in [0.25, 0.3) is 0 Å². The Balaban J connectivity index is 1.39. The van der Waals surface area contributed by atoms with Crippen LogP contribution in [0.1, 0.15) is 16.9 Å². The van der Waals surface area contributed by atoms with Crippen molar-refractivity contribution >= 4 is 34.5 Å². The smallest absolute Gasteiger partial charge is 0.407 e. The SMILES string of the molecule is O=C(O)N1CCN(Cc2c3c(cc4c(O)c(C=C5N=Nc6ccccc65)oc24)OCO3)CC1. The quantitative estimate of drug-likeness (QED) is 0.614. The second kappa shape index (κ2) is 7.52. The number of furan rings is 1. The standard InChI is InChI=1S/C23H20N4O6/c28-20-14-9-19-22(32-12-31-19)15(11-26-5-7-27(8-6-26)23(29)30)21(14)33-18(20)10-17-13-3-1-2-4-16(13)24-25-17/h1-4,9-10,28H,5-8,11-12H2,(H,29,30). The number of nitrogens with zero attached hydrogens (tertiary/aromatic N) is 4. The van der Waals surface area contributed by atoms with Crippen molar-refractivity contribution in [3.05, 3.63) is 47.2 Å². The topological polar surface area (TPSA) is 120 Å². The van der Waals surface area contributed by atoms with Crippen LogP contribution in [0.4, 0.5) is 10.5 Å². The lowest BCUT2D eigenvalue weighted by molar-refractivity contribution is 0.102. The lowest BCUT2D eigenvalue weighted by Crippen LogP contribution is -2.47. The van der Waals surface area contributed by atoms with Gasteiger partial charge in [0.1, 0.15) is 5.58 Å². The summed E-state index contributed by atoms with van der Waals surface area (Å²) in [5.41, 5.74) is 3.50. The Hall–Kier alpha value is -4.05. The molecule has 6 rings (SSSR count). The molecule has 33 heavy (non-hydrogen) atoms. The van der Waals surface area contributed by atoms with Crippen molar-refractivity contribution in [1.82, 2.24) is 9.80 Å². The van der Waals surface area contributed by atoms with Crippen molar-refractivity contribution < 1.29 is 28.9 Å². The minimum absolute atomic E-state index is 0.00710. The molecule has 10 heteroatoms. The van der Waals surface area contributed by atoms with Gasteiger partial charge in [-0.2, -0.15) is 0 Å². The van der Waals surface area contributed by atoms with E-state index >= 15 is 0 Å². The number of hydrogen-bond donors (Lipinski definition) is 2. The second-order valence-electron chi connectivity index (χ2n) is 8.07. The molecule has 3 aliphatic heterocycles. The van der Waals surface area contributed by atoms with Crippen LogP contribution in [-0.4, -0.2) is 59.1 Å². The summed E-state index contributed by atoms with van der Waals surface area (Å²) >= 11 is 0. The summed E-state index contributed by atoms with van der Waals surface area (Å²) in [6.07, 6.45) is 0.765. The minimum atomic E-state index is -0.909. The van der Waals surface area contributed by atoms with Crippen molar-refractivity contribution in [2.24, 2.45) is 10.2 Å². The highest BCUT2D eigenvalue weighted by Gasteiger charge is 2.29. The third-order valence-corrected chi connectivity index (χ3v) is 6.15. The monoisotopic (exact) mass is 448 g/mol.